The second kappa shape index (κ2) is 6.45. The van der Waals surface area contributed by atoms with Crippen molar-refractivity contribution in [1.29, 1.82) is 0 Å². The van der Waals surface area contributed by atoms with Crippen LogP contribution < -0.4 is 0 Å². The normalized spacial score (nSPS) is 12.2. The average molecular weight is 262 g/mol. The number of aryl methyl sites for hydroxylation is 1. The van der Waals surface area contributed by atoms with Crippen molar-refractivity contribution >= 4 is 0 Å². The van der Waals surface area contributed by atoms with Crippen LogP contribution in [0.1, 0.15) is 71.1 Å². The van der Waals surface area contributed by atoms with E-state index in [9.17, 15) is 5.11 Å². The van der Waals surface area contributed by atoms with Gasteiger partial charge in [0.25, 0.3) is 0 Å². The molecule has 0 aromatic heterocycles. The number of hydrogen-bond donors (Lipinski definition) is 1. The maximum Gasteiger partial charge on any atom is 0.122 e. The summed E-state index contributed by atoms with van der Waals surface area (Å²) in [6.45, 7) is 13.2. The summed E-state index contributed by atoms with van der Waals surface area (Å²) in [5.41, 5.74) is 3.59. The van der Waals surface area contributed by atoms with E-state index in [-0.39, 0.29) is 5.41 Å². The molecule has 0 saturated heterocycles. The molecular formula is C18H30O. The van der Waals surface area contributed by atoms with E-state index >= 15 is 0 Å². The molecule has 1 aromatic carbocycles. The summed E-state index contributed by atoms with van der Waals surface area (Å²) >= 11 is 0. The Bertz CT molecular complexity index is 410. The molecule has 19 heavy (non-hydrogen) atoms. The molecular weight excluding hydrogens is 232 g/mol. The first kappa shape index (κ1) is 16.1. The summed E-state index contributed by atoms with van der Waals surface area (Å²) in [5, 5.41) is 10.5. The SMILES string of the molecule is CCCCc1cc(CC(C)C)cc(C(C)(C)C)c1O. The van der Waals surface area contributed by atoms with Crippen molar-refractivity contribution in [2.45, 2.75) is 72.6 Å². The molecule has 1 N–H and O–H groups in total. The molecule has 0 spiro atoms. The third-order valence-corrected chi connectivity index (χ3v) is 3.50. The first-order chi connectivity index (χ1) is 8.75. The third-order valence-electron chi connectivity index (χ3n) is 3.50. The van der Waals surface area contributed by atoms with Gasteiger partial charge in [0.2, 0.25) is 0 Å². The molecule has 0 atom stereocenters. The number of phenols is 1. The minimum atomic E-state index is -0.00195. The van der Waals surface area contributed by atoms with Gasteiger partial charge >= 0.3 is 0 Å². The zero-order chi connectivity index (χ0) is 14.6. The quantitative estimate of drug-likeness (QED) is 0.770. The number of hydrogen-bond acceptors (Lipinski definition) is 1. The molecule has 0 heterocycles. The van der Waals surface area contributed by atoms with Crippen LogP contribution in [0.4, 0.5) is 0 Å². The lowest BCUT2D eigenvalue weighted by Crippen LogP contribution is -2.13. The molecule has 108 valence electrons. The molecule has 0 aliphatic heterocycles. The molecule has 1 nitrogen and oxygen atoms in total. The summed E-state index contributed by atoms with van der Waals surface area (Å²) in [6.07, 6.45) is 4.38. The fraction of sp³-hybridized carbons (Fsp3) is 0.667. The lowest BCUT2D eigenvalue weighted by Gasteiger charge is -2.24. The molecule has 0 bridgehead atoms. The Hall–Kier alpha value is -0.980. The highest BCUT2D eigenvalue weighted by molar-refractivity contribution is 5.47. The van der Waals surface area contributed by atoms with Crippen LogP contribution in [-0.2, 0) is 18.3 Å². The third kappa shape index (κ3) is 4.56. The fourth-order valence-corrected chi connectivity index (χ4v) is 2.48. The van der Waals surface area contributed by atoms with Gasteiger partial charge in [0.1, 0.15) is 5.75 Å². The van der Waals surface area contributed by atoms with E-state index in [2.05, 4.69) is 53.7 Å². The Balaban J connectivity index is 3.22. The molecule has 1 heteroatoms. The van der Waals surface area contributed by atoms with Crippen LogP contribution >= 0.6 is 0 Å². The number of unbranched alkanes of at least 4 members (excludes halogenated alkanes) is 1. The topological polar surface area (TPSA) is 20.2 Å². The van der Waals surface area contributed by atoms with Crippen molar-refractivity contribution in [3.63, 3.8) is 0 Å². The van der Waals surface area contributed by atoms with Crippen molar-refractivity contribution in [3.05, 3.63) is 28.8 Å². The monoisotopic (exact) mass is 262 g/mol. The minimum absolute atomic E-state index is 0.00195. The zero-order valence-electron chi connectivity index (χ0n) is 13.5. The average Bonchev–Trinajstić information content (AvgIpc) is 2.27. The smallest absolute Gasteiger partial charge is 0.122 e. The maximum atomic E-state index is 10.5. The molecule has 0 aliphatic rings. The maximum absolute atomic E-state index is 10.5. The van der Waals surface area contributed by atoms with E-state index in [0.717, 1.165) is 30.4 Å². The Morgan fingerprint density at radius 3 is 2.26 bits per heavy atom. The van der Waals surface area contributed by atoms with Gasteiger partial charge in [-0.15, -0.1) is 0 Å². The number of benzene rings is 1. The van der Waals surface area contributed by atoms with Crippen LogP contribution in [0.15, 0.2) is 12.1 Å². The minimum Gasteiger partial charge on any atom is -0.507 e. The van der Waals surface area contributed by atoms with Crippen molar-refractivity contribution in [2.24, 2.45) is 5.92 Å². The summed E-state index contributed by atoms with van der Waals surface area (Å²) in [5.74, 6) is 1.17. The largest absolute Gasteiger partial charge is 0.507 e. The standard InChI is InChI=1S/C18H30O/c1-7-8-9-15-11-14(10-13(2)3)12-16(17(15)19)18(4,5)6/h11-13,19H,7-10H2,1-6H3. The Kier molecular flexibility index (Phi) is 5.46. The van der Waals surface area contributed by atoms with Crippen molar-refractivity contribution in [3.8, 4) is 5.75 Å². The fourth-order valence-electron chi connectivity index (χ4n) is 2.48. The van der Waals surface area contributed by atoms with Gasteiger partial charge in [0, 0.05) is 0 Å². The van der Waals surface area contributed by atoms with Crippen LogP contribution in [0, 0.1) is 5.92 Å². The van der Waals surface area contributed by atoms with Crippen LogP contribution in [0.2, 0.25) is 0 Å². The summed E-state index contributed by atoms with van der Waals surface area (Å²) in [6, 6.07) is 4.41. The molecule has 0 aliphatic carbocycles. The van der Waals surface area contributed by atoms with Crippen LogP contribution in [-0.4, -0.2) is 5.11 Å². The van der Waals surface area contributed by atoms with E-state index in [1.54, 1.807) is 0 Å². The lowest BCUT2D eigenvalue weighted by atomic mass is 9.82. The highest BCUT2D eigenvalue weighted by atomic mass is 16.3. The Morgan fingerprint density at radius 1 is 1.16 bits per heavy atom. The van der Waals surface area contributed by atoms with Crippen molar-refractivity contribution in [1.82, 2.24) is 0 Å². The zero-order valence-corrected chi connectivity index (χ0v) is 13.5. The van der Waals surface area contributed by atoms with Gasteiger partial charge in [-0.1, -0.05) is 60.1 Å². The van der Waals surface area contributed by atoms with Crippen molar-refractivity contribution < 1.29 is 5.11 Å². The predicted molar refractivity (Wildman–Crippen MR) is 84.0 cm³/mol. The van der Waals surface area contributed by atoms with Crippen molar-refractivity contribution in [2.75, 3.05) is 0 Å². The highest BCUT2D eigenvalue weighted by Crippen LogP contribution is 2.35. The second-order valence-electron chi connectivity index (χ2n) is 7.10. The number of phenolic OH excluding ortho intramolecular Hbond substituents is 1. The van der Waals surface area contributed by atoms with Gasteiger partial charge in [-0.2, -0.15) is 0 Å². The van der Waals surface area contributed by atoms with E-state index < -0.39 is 0 Å². The molecule has 0 unspecified atom stereocenters. The van der Waals surface area contributed by atoms with E-state index in [1.807, 2.05) is 0 Å². The number of aromatic hydroxyl groups is 1. The van der Waals surface area contributed by atoms with Gasteiger partial charge in [0.15, 0.2) is 0 Å². The number of rotatable bonds is 5. The van der Waals surface area contributed by atoms with Crippen LogP contribution in [0.5, 0.6) is 5.75 Å². The molecule has 1 rings (SSSR count). The van der Waals surface area contributed by atoms with Gasteiger partial charge in [-0.05, 0) is 47.3 Å². The summed E-state index contributed by atoms with van der Waals surface area (Å²) in [7, 11) is 0. The van der Waals surface area contributed by atoms with E-state index in [0.29, 0.717) is 11.7 Å². The molecule has 0 fully saturated rings. The van der Waals surface area contributed by atoms with E-state index in [4.69, 9.17) is 0 Å². The molecule has 0 radical (unpaired) electrons. The van der Waals surface area contributed by atoms with Crippen LogP contribution in [0.3, 0.4) is 0 Å². The highest BCUT2D eigenvalue weighted by Gasteiger charge is 2.21. The van der Waals surface area contributed by atoms with Crippen LogP contribution in [0.25, 0.3) is 0 Å². The molecule has 0 amide bonds. The Morgan fingerprint density at radius 2 is 1.79 bits per heavy atom. The first-order valence-electron chi connectivity index (χ1n) is 7.61. The van der Waals surface area contributed by atoms with Gasteiger partial charge in [-0.25, -0.2) is 0 Å². The molecule has 1 aromatic rings. The lowest BCUT2D eigenvalue weighted by molar-refractivity contribution is 0.438. The summed E-state index contributed by atoms with van der Waals surface area (Å²) < 4.78 is 0. The van der Waals surface area contributed by atoms with Gasteiger partial charge in [0.05, 0.1) is 0 Å². The second-order valence-corrected chi connectivity index (χ2v) is 7.10. The Labute approximate surface area is 119 Å². The van der Waals surface area contributed by atoms with Gasteiger partial charge < -0.3 is 5.11 Å². The van der Waals surface area contributed by atoms with Gasteiger partial charge in [-0.3, -0.25) is 0 Å². The van der Waals surface area contributed by atoms with E-state index in [1.165, 1.54) is 12.0 Å². The summed E-state index contributed by atoms with van der Waals surface area (Å²) in [4.78, 5) is 0. The first-order valence-corrected chi connectivity index (χ1v) is 7.61. The molecule has 0 saturated carbocycles. The predicted octanol–water partition coefficient (Wildman–Crippen LogP) is 5.23.